The number of aromatic nitrogens is 1. The predicted octanol–water partition coefficient (Wildman–Crippen LogP) is 2.80. The summed E-state index contributed by atoms with van der Waals surface area (Å²) >= 11 is 0. The van der Waals surface area contributed by atoms with Crippen molar-refractivity contribution < 1.29 is 9.47 Å². The van der Waals surface area contributed by atoms with Crippen molar-refractivity contribution >= 4 is 0 Å². The van der Waals surface area contributed by atoms with Crippen molar-refractivity contribution in [3.8, 4) is 11.5 Å². The Bertz CT molecular complexity index is 521. The minimum Gasteiger partial charge on any atom is -0.496 e. The standard InChI is InChI=1S/C16H20N2O2/c1-4-18-16(12-8-10-17-11-9-12)15-13(19-2)6-5-7-14(15)20-3/h5-11,16,18H,4H2,1-3H3. The van der Waals surface area contributed by atoms with Gasteiger partial charge >= 0.3 is 0 Å². The number of benzene rings is 1. The Morgan fingerprint density at radius 3 is 2.15 bits per heavy atom. The van der Waals surface area contributed by atoms with Crippen LogP contribution in [0.25, 0.3) is 0 Å². The van der Waals surface area contributed by atoms with Gasteiger partial charge in [0.1, 0.15) is 11.5 Å². The minimum atomic E-state index is 0.00843. The first-order chi connectivity index (χ1) is 9.81. The lowest BCUT2D eigenvalue weighted by atomic mass is 9.97. The highest BCUT2D eigenvalue weighted by Gasteiger charge is 2.21. The minimum absolute atomic E-state index is 0.00843. The first kappa shape index (κ1) is 14.3. The maximum atomic E-state index is 5.50. The molecule has 106 valence electrons. The second-order valence-corrected chi connectivity index (χ2v) is 4.35. The molecule has 1 N–H and O–H groups in total. The summed E-state index contributed by atoms with van der Waals surface area (Å²) in [5, 5.41) is 3.48. The summed E-state index contributed by atoms with van der Waals surface area (Å²) in [5.74, 6) is 1.62. The van der Waals surface area contributed by atoms with Gasteiger partial charge in [-0.3, -0.25) is 4.98 Å². The molecular weight excluding hydrogens is 252 g/mol. The maximum Gasteiger partial charge on any atom is 0.127 e. The first-order valence-corrected chi connectivity index (χ1v) is 6.66. The van der Waals surface area contributed by atoms with E-state index in [1.54, 1.807) is 26.6 Å². The highest BCUT2D eigenvalue weighted by atomic mass is 16.5. The summed E-state index contributed by atoms with van der Waals surface area (Å²) in [6.45, 7) is 2.92. The Kier molecular flexibility index (Phi) is 4.96. The molecule has 0 saturated heterocycles. The molecule has 0 bridgehead atoms. The molecule has 1 heterocycles. The smallest absolute Gasteiger partial charge is 0.127 e. The average molecular weight is 272 g/mol. The van der Waals surface area contributed by atoms with Crippen LogP contribution in [-0.4, -0.2) is 25.7 Å². The average Bonchev–Trinajstić information content (AvgIpc) is 2.52. The highest BCUT2D eigenvalue weighted by molar-refractivity contribution is 5.50. The van der Waals surface area contributed by atoms with E-state index in [2.05, 4.69) is 17.2 Å². The van der Waals surface area contributed by atoms with E-state index < -0.39 is 0 Å². The number of hydrogen-bond donors (Lipinski definition) is 1. The molecule has 2 aromatic rings. The van der Waals surface area contributed by atoms with E-state index >= 15 is 0 Å². The van der Waals surface area contributed by atoms with Crippen LogP contribution in [0.2, 0.25) is 0 Å². The summed E-state index contributed by atoms with van der Waals surface area (Å²) in [6.07, 6.45) is 3.59. The normalized spacial score (nSPS) is 11.9. The predicted molar refractivity (Wildman–Crippen MR) is 79.3 cm³/mol. The third-order valence-corrected chi connectivity index (χ3v) is 3.20. The second-order valence-electron chi connectivity index (χ2n) is 4.35. The van der Waals surface area contributed by atoms with E-state index in [4.69, 9.17) is 9.47 Å². The number of hydrogen-bond acceptors (Lipinski definition) is 4. The van der Waals surface area contributed by atoms with Gasteiger partial charge in [-0.25, -0.2) is 0 Å². The number of ether oxygens (including phenoxy) is 2. The molecule has 20 heavy (non-hydrogen) atoms. The summed E-state index contributed by atoms with van der Waals surface area (Å²) in [6, 6.07) is 9.83. The molecular formula is C16H20N2O2. The van der Waals surface area contributed by atoms with Gasteiger partial charge in [-0.1, -0.05) is 13.0 Å². The third-order valence-electron chi connectivity index (χ3n) is 3.20. The molecule has 1 aromatic heterocycles. The van der Waals surface area contributed by atoms with E-state index in [1.807, 2.05) is 30.3 Å². The molecule has 0 amide bonds. The molecule has 1 atom stereocenters. The van der Waals surface area contributed by atoms with Crippen LogP contribution < -0.4 is 14.8 Å². The van der Waals surface area contributed by atoms with Crippen molar-refractivity contribution in [2.24, 2.45) is 0 Å². The van der Waals surface area contributed by atoms with Gasteiger partial charge in [-0.15, -0.1) is 0 Å². The van der Waals surface area contributed by atoms with E-state index in [0.29, 0.717) is 0 Å². The summed E-state index contributed by atoms with van der Waals surface area (Å²) < 4.78 is 11.0. The molecule has 0 fully saturated rings. The number of rotatable bonds is 6. The lowest BCUT2D eigenvalue weighted by molar-refractivity contribution is 0.377. The van der Waals surface area contributed by atoms with Crippen molar-refractivity contribution in [1.82, 2.24) is 10.3 Å². The number of pyridine rings is 1. The topological polar surface area (TPSA) is 43.4 Å². The molecule has 2 rings (SSSR count). The Hall–Kier alpha value is -2.07. The first-order valence-electron chi connectivity index (χ1n) is 6.66. The molecule has 0 aliphatic rings. The SMILES string of the molecule is CCNC(c1ccncc1)c1c(OC)cccc1OC. The fraction of sp³-hybridized carbons (Fsp3) is 0.312. The molecule has 1 unspecified atom stereocenters. The van der Waals surface area contributed by atoms with Crippen molar-refractivity contribution in [1.29, 1.82) is 0 Å². The molecule has 4 nitrogen and oxygen atoms in total. The van der Waals surface area contributed by atoms with E-state index in [-0.39, 0.29) is 6.04 Å². The van der Waals surface area contributed by atoms with Crippen molar-refractivity contribution in [3.63, 3.8) is 0 Å². The van der Waals surface area contributed by atoms with Gasteiger partial charge in [0.05, 0.1) is 25.8 Å². The Morgan fingerprint density at radius 2 is 1.65 bits per heavy atom. The molecule has 4 heteroatoms. The quantitative estimate of drug-likeness (QED) is 0.878. The zero-order valence-electron chi connectivity index (χ0n) is 12.1. The van der Waals surface area contributed by atoms with Crippen molar-refractivity contribution in [2.45, 2.75) is 13.0 Å². The molecule has 0 aliphatic heterocycles. The van der Waals surface area contributed by atoms with Crippen LogP contribution in [0.5, 0.6) is 11.5 Å². The monoisotopic (exact) mass is 272 g/mol. The summed E-state index contributed by atoms with van der Waals surface area (Å²) in [5.41, 5.74) is 2.13. The highest BCUT2D eigenvalue weighted by Crippen LogP contribution is 2.37. The van der Waals surface area contributed by atoms with Gasteiger partial charge < -0.3 is 14.8 Å². The maximum absolute atomic E-state index is 5.50. The van der Waals surface area contributed by atoms with Gasteiger partial charge in [0, 0.05) is 12.4 Å². The van der Waals surface area contributed by atoms with Crippen LogP contribution in [0.3, 0.4) is 0 Å². The van der Waals surface area contributed by atoms with Crippen LogP contribution in [-0.2, 0) is 0 Å². The summed E-state index contributed by atoms with van der Waals surface area (Å²) in [4.78, 5) is 4.08. The largest absolute Gasteiger partial charge is 0.496 e. The van der Waals surface area contributed by atoms with Gasteiger partial charge in [0.2, 0.25) is 0 Å². The Balaban J connectivity index is 2.54. The fourth-order valence-electron chi connectivity index (χ4n) is 2.31. The van der Waals surface area contributed by atoms with E-state index in [9.17, 15) is 0 Å². The number of methoxy groups -OCH3 is 2. The van der Waals surface area contributed by atoms with Gasteiger partial charge in [-0.05, 0) is 36.4 Å². The van der Waals surface area contributed by atoms with Crippen LogP contribution >= 0.6 is 0 Å². The number of nitrogens with one attached hydrogen (secondary N) is 1. The third kappa shape index (κ3) is 2.91. The van der Waals surface area contributed by atoms with Crippen LogP contribution in [0, 0.1) is 0 Å². The van der Waals surface area contributed by atoms with Crippen molar-refractivity contribution in [3.05, 3.63) is 53.9 Å². The van der Waals surface area contributed by atoms with Crippen molar-refractivity contribution in [2.75, 3.05) is 20.8 Å². The van der Waals surface area contributed by atoms with Crippen LogP contribution in [0.15, 0.2) is 42.7 Å². The Labute approximate surface area is 119 Å². The summed E-state index contributed by atoms with van der Waals surface area (Å²) in [7, 11) is 3.35. The second kappa shape index (κ2) is 6.91. The van der Waals surface area contributed by atoms with Gasteiger partial charge in [-0.2, -0.15) is 0 Å². The fourth-order valence-corrected chi connectivity index (χ4v) is 2.31. The zero-order valence-corrected chi connectivity index (χ0v) is 12.1. The molecule has 0 spiro atoms. The lowest BCUT2D eigenvalue weighted by Gasteiger charge is -2.23. The van der Waals surface area contributed by atoms with E-state index in [1.165, 1.54) is 0 Å². The molecule has 0 saturated carbocycles. The lowest BCUT2D eigenvalue weighted by Crippen LogP contribution is -2.23. The Morgan fingerprint density at radius 1 is 1.05 bits per heavy atom. The molecule has 0 radical (unpaired) electrons. The number of nitrogens with zero attached hydrogens (tertiary/aromatic N) is 1. The van der Waals surface area contributed by atoms with Crippen LogP contribution in [0.1, 0.15) is 24.1 Å². The van der Waals surface area contributed by atoms with E-state index in [0.717, 1.165) is 29.2 Å². The van der Waals surface area contributed by atoms with Gasteiger partial charge in [0.25, 0.3) is 0 Å². The molecule has 0 aliphatic carbocycles. The molecule has 1 aromatic carbocycles. The van der Waals surface area contributed by atoms with Crippen LogP contribution in [0.4, 0.5) is 0 Å². The zero-order chi connectivity index (χ0) is 14.4. The van der Waals surface area contributed by atoms with Gasteiger partial charge in [0.15, 0.2) is 0 Å².